The highest BCUT2D eigenvalue weighted by atomic mass is 16.5. The van der Waals surface area contributed by atoms with Gasteiger partial charge in [-0.2, -0.15) is 5.26 Å². The first-order valence-corrected chi connectivity index (χ1v) is 7.14. The van der Waals surface area contributed by atoms with E-state index in [1.54, 1.807) is 13.2 Å². The van der Waals surface area contributed by atoms with Crippen molar-refractivity contribution in [2.45, 2.75) is 19.4 Å². The van der Waals surface area contributed by atoms with Crippen LogP contribution >= 0.6 is 0 Å². The molecule has 1 aromatic heterocycles. The molecule has 0 aliphatic carbocycles. The van der Waals surface area contributed by atoms with Crippen LogP contribution in [0.4, 0.5) is 5.82 Å². The highest BCUT2D eigenvalue weighted by Crippen LogP contribution is 2.24. The number of aromatic nitrogens is 1. The van der Waals surface area contributed by atoms with Gasteiger partial charge in [-0.05, 0) is 42.8 Å². The molecule has 0 bridgehead atoms. The van der Waals surface area contributed by atoms with Crippen LogP contribution in [0, 0.1) is 11.3 Å². The Morgan fingerprint density at radius 3 is 2.55 bits per heavy atom. The van der Waals surface area contributed by atoms with Gasteiger partial charge in [0, 0.05) is 5.56 Å². The number of hydrogen-bond donors (Lipinski definition) is 2. The molecule has 0 spiro atoms. The molecule has 2 rings (SSSR count). The predicted molar refractivity (Wildman–Crippen MR) is 85.7 cm³/mol. The Morgan fingerprint density at radius 2 is 2.00 bits per heavy atom. The second-order valence-corrected chi connectivity index (χ2v) is 4.87. The number of aliphatic hydroxyl groups is 1. The lowest BCUT2D eigenvalue weighted by Crippen LogP contribution is -2.23. The molecule has 0 saturated heterocycles. The van der Waals surface area contributed by atoms with Crippen LogP contribution in [-0.2, 0) is 0 Å². The predicted octanol–water partition coefficient (Wildman–Crippen LogP) is 2.81. The molecule has 0 radical (unpaired) electrons. The van der Waals surface area contributed by atoms with E-state index in [0.29, 0.717) is 11.4 Å². The maximum absolute atomic E-state index is 9.31. The summed E-state index contributed by atoms with van der Waals surface area (Å²) >= 11 is 0. The molecule has 5 heteroatoms. The molecular formula is C17H19N3O2. The summed E-state index contributed by atoms with van der Waals surface area (Å²) < 4.78 is 5.14. The summed E-state index contributed by atoms with van der Waals surface area (Å²) in [6, 6.07) is 13.1. The number of nitriles is 1. The minimum absolute atomic E-state index is 0.00415. The zero-order valence-corrected chi connectivity index (χ0v) is 12.7. The third-order valence-electron chi connectivity index (χ3n) is 3.46. The summed E-state index contributed by atoms with van der Waals surface area (Å²) in [6.07, 6.45) is 0.746. The largest absolute Gasteiger partial charge is 0.497 e. The van der Waals surface area contributed by atoms with E-state index in [-0.39, 0.29) is 12.6 Å². The van der Waals surface area contributed by atoms with Crippen LogP contribution in [0.15, 0.2) is 36.4 Å². The fourth-order valence-corrected chi connectivity index (χ4v) is 2.05. The first kappa shape index (κ1) is 15.8. The molecule has 0 amide bonds. The number of benzene rings is 1. The number of ether oxygens (including phenoxy) is 1. The molecule has 0 aliphatic rings. The number of nitrogens with one attached hydrogen (secondary N) is 1. The molecule has 0 fully saturated rings. The van der Waals surface area contributed by atoms with Crippen LogP contribution in [0.3, 0.4) is 0 Å². The number of anilines is 1. The quantitative estimate of drug-likeness (QED) is 0.857. The molecule has 1 atom stereocenters. The van der Waals surface area contributed by atoms with Gasteiger partial charge in [-0.25, -0.2) is 4.98 Å². The number of rotatable bonds is 6. The van der Waals surface area contributed by atoms with Crippen molar-refractivity contribution in [2.24, 2.45) is 0 Å². The molecule has 1 aromatic carbocycles. The Kier molecular flexibility index (Phi) is 5.34. The summed E-state index contributed by atoms with van der Waals surface area (Å²) in [6.45, 7) is 1.96. The van der Waals surface area contributed by atoms with Gasteiger partial charge in [0.25, 0.3) is 0 Å². The van der Waals surface area contributed by atoms with Gasteiger partial charge >= 0.3 is 0 Å². The zero-order valence-electron chi connectivity index (χ0n) is 12.7. The normalized spacial score (nSPS) is 11.5. The Labute approximate surface area is 130 Å². The van der Waals surface area contributed by atoms with Crippen molar-refractivity contribution in [3.63, 3.8) is 0 Å². The number of aliphatic hydroxyl groups excluding tert-OH is 1. The standard InChI is InChI=1S/C17H19N3O2/c1-3-14(11-21)19-17-13(10-18)6-9-16(20-17)12-4-7-15(22-2)8-5-12/h4-9,14,21H,3,11H2,1-2H3,(H,19,20)/t14-/m0/s1. The second kappa shape index (κ2) is 7.43. The Bertz CT molecular complexity index is 659. The van der Waals surface area contributed by atoms with Crippen LogP contribution in [0.25, 0.3) is 11.3 Å². The van der Waals surface area contributed by atoms with Crippen molar-refractivity contribution in [2.75, 3.05) is 19.0 Å². The van der Waals surface area contributed by atoms with Crippen LogP contribution in [-0.4, -0.2) is 29.8 Å². The van der Waals surface area contributed by atoms with Gasteiger partial charge in [0.05, 0.1) is 31.0 Å². The summed E-state index contributed by atoms with van der Waals surface area (Å²) in [4.78, 5) is 4.52. The second-order valence-electron chi connectivity index (χ2n) is 4.87. The monoisotopic (exact) mass is 297 g/mol. The molecule has 5 nitrogen and oxygen atoms in total. The maximum atomic E-state index is 9.31. The SMILES string of the molecule is CC[C@@H](CO)Nc1nc(-c2ccc(OC)cc2)ccc1C#N. The Morgan fingerprint density at radius 1 is 1.27 bits per heavy atom. The maximum Gasteiger partial charge on any atom is 0.144 e. The smallest absolute Gasteiger partial charge is 0.144 e. The van der Waals surface area contributed by atoms with Gasteiger partial charge in [0.1, 0.15) is 17.6 Å². The van der Waals surface area contributed by atoms with Gasteiger partial charge in [-0.15, -0.1) is 0 Å². The van der Waals surface area contributed by atoms with Crippen molar-refractivity contribution < 1.29 is 9.84 Å². The Balaban J connectivity index is 2.35. The summed E-state index contributed by atoms with van der Waals surface area (Å²) in [5.41, 5.74) is 2.16. The number of hydrogen-bond acceptors (Lipinski definition) is 5. The van der Waals surface area contributed by atoms with Crippen LogP contribution in [0.1, 0.15) is 18.9 Å². The minimum atomic E-state index is -0.120. The average molecular weight is 297 g/mol. The minimum Gasteiger partial charge on any atom is -0.497 e. The van der Waals surface area contributed by atoms with Gasteiger partial charge in [0.15, 0.2) is 0 Å². The van der Waals surface area contributed by atoms with E-state index in [9.17, 15) is 10.4 Å². The zero-order chi connectivity index (χ0) is 15.9. The van der Waals surface area contributed by atoms with Crippen LogP contribution < -0.4 is 10.1 Å². The fourth-order valence-electron chi connectivity index (χ4n) is 2.05. The molecule has 22 heavy (non-hydrogen) atoms. The summed E-state index contributed by atoms with van der Waals surface area (Å²) in [5, 5.41) is 21.6. The van der Waals surface area contributed by atoms with Crippen molar-refractivity contribution >= 4 is 5.82 Å². The number of nitrogens with zero attached hydrogens (tertiary/aromatic N) is 2. The fraction of sp³-hybridized carbons (Fsp3) is 0.294. The molecule has 0 unspecified atom stereocenters. The van der Waals surface area contributed by atoms with Gasteiger partial charge in [-0.3, -0.25) is 0 Å². The van der Waals surface area contributed by atoms with Gasteiger partial charge in [-0.1, -0.05) is 6.92 Å². The molecule has 2 aromatic rings. The lowest BCUT2D eigenvalue weighted by Gasteiger charge is -2.16. The van der Waals surface area contributed by atoms with Crippen LogP contribution in [0.2, 0.25) is 0 Å². The summed E-state index contributed by atoms with van der Waals surface area (Å²) in [7, 11) is 1.62. The molecule has 1 heterocycles. The van der Waals surface area contributed by atoms with Gasteiger partial charge in [0.2, 0.25) is 0 Å². The number of pyridine rings is 1. The average Bonchev–Trinajstić information content (AvgIpc) is 2.59. The Hall–Kier alpha value is -2.58. The lowest BCUT2D eigenvalue weighted by atomic mass is 10.1. The number of methoxy groups -OCH3 is 1. The van der Waals surface area contributed by atoms with E-state index < -0.39 is 0 Å². The lowest BCUT2D eigenvalue weighted by molar-refractivity contribution is 0.271. The molecule has 0 aliphatic heterocycles. The molecule has 114 valence electrons. The van der Waals surface area contributed by atoms with Gasteiger partial charge < -0.3 is 15.2 Å². The van der Waals surface area contributed by atoms with Crippen molar-refractivity contribution in [3.05, 3.63) is 42.0 Å². The molecule has 0 saturated carbocycles. The third kappa shape index (κ3) is 3.54. The van der Waals surface area contributed by atoms with E-state index in [0.717, 1.165) is 23.4 Å². The highest BCUT2D eigenvalue weighted by Gasteiger charge is 2.11. The molecular weight excluding hydrogens is 278 g/mol. The summed E-state index contributed by atoms with van der Waals surface area (Å²) in [5.74, 6) is 1.28. The van der Waals surface area contributed by atoms with E-state index in [1.807, 2.05) is 37.3 Å². The first-order chi connectivity index (χ1) is 10.7. The van der Waals surface area contributed by atoms with Crippen molar-refractivity contribution in [1.29, 1.82) is 5.26 Å². The highest BCUT2D eigenvalue weighted by molar-refractivity contribution is 5.65. The van der Waals surface area contributed by atoms with Crippen LogP contribution in [0.5, 0.6) is 5.75 Å². The molecule has 2 N–H and O–H groups in total. The topological polar surface area (TPSA) is 78.2 Å². The van der Waals surface area contributed by atoms with Crippen molar-refractivity contribution in [3.8, 4) is 23.1 Å². The van der Waals surface area contributed by atoms with E-state index >= 15 is 0 Å². The first-order valence-electron chi connectivity index (χ1n) is 7.14. The van der Waals surface area contributed by atoms with Crippen molar-refractivity contribution in [1.82, 2.24) is 4.98 Å². The van der Waals surface area contributed by atoms with E-state index in [2.05, 4.69) is 16.4 Å². The van der Waals surface area contributed by atoms with E-state index in [4.69, 9.17) is 4.74 Å². The van der Waals surface area contributed by atoms with E-state index in [1.165, 1.54) is 0 Å². The third-order valence-corrected chi connectivity index (χ3v) is 3.46.